The molecule has 0 fully saturated rings. The van der Waals surface area contributed by atoms with Gasteiger partial charge in [-0.15, -0.1) is 0 Å². The van der Waals surface area contributed by atoms with Gasteiger partial charge in [-0.2, -0.15) is 0 Å². The maximum absolute atomic E-state index is 12.5. The van der Waals surface area contributed by atoms with Crippen molar-refractivity contribution in [2.75, 3.05) is 13.2 Å². The summed E-state index contributed by atoms with van der Waals surface area (Å²) in [7, 11) is 0. The summed E-state index contributed by atoms with van der Waals surface area (Å²) in [5.41, 5.74) is 0. The minimum absolute atomic E-state index is 0.00941. The van der Waals surface area contributed by atoms with Gasteiger partial charge in [-0.05, 0) is 83.5 Å². The van der Waals surface area contributed by atoms with Gasteiger partial charge in [0.1, 0.15) is 0 Å². The number of nitrogens with one attached hydrogen (secondary N) is 1. The lowest BCUT2D eigenvalue weighted by Crippen LogP contribution is -2.45. The van der Waals surface area contributed by atoms with Crippen LogP contribution >= 0.6 is 0 Å². The minimum atomic E-state index is -0.850. The molecule has 0 heterocycles. The predicted octanol–water partition coefficient (Wildman–Crippen LogP) is 21.9. The Kier molecular flexibility index (Phi) is 63.9. The average Bonchev–Trinajstić information content (AvgIpc) is 3.42. The maximum Gasteiger partial charge on any atom is 0.305 e. The SMILES string of the molecule is CCCCCCCC/C=C\CCCCCCCCCCCC(=O)OCCCCCCCCCCCCC/C=C\CCCCCCCCCC(=O)NC(CO)C(O)/C=C/CCCCCCCCCCCCCCCCCC. The summed E-state index contributed by atoms with van der Waals surface area (Å²) >= 11 is 0. The van der Waals surface area contributed by atoms with E-state index < -0.39 is 12.1 Å². The lowest BCUT2D eigenvalue weighted by Gasteiger charge is -2.20. The molecule has 0 saturated carbocycles. The molecule has 1 amide bonds. The van der Waals surface area contributed by atoms with Crippen molar-refractivity contribution < 1.29 is 24.5 Å². The number of rotatable bonds is 64. The van der Waals surface area contributed by atoms with E-state index in [2.05, 4.69) is 43.5 Å². The molecule has 0 aliphatic heterocycles. The third-order valence-corrected chi connectivity index (χ3v) is 15.9. The Morgan fingerprint density at radius 2 is 0.618 bits per heavy atom. The van der Waals surface area contributed by atoms with Crippen LogP contribution in [0, 0.1) is 0 Å². The van der Waals surface area contributed by atoms with Crippen LogP contribution in [0.1, 0.15) is 373 Å². The van der Waals surface area contributed by atoms with Crippen LogP contribution in [0.5, 0.6) is 0 Å². The Bertz CT molecular complexity index is 1230. The number of carbonyl (C=O) groups excluding carboxylic acids is 2. The standard InChI is InChI=1S/C70H133NO5/c1-3-5-7-9-11-13-15-17-19-21-27-32-36-40-44-48-52-56-60-64-70(75)76-65-61-57-53-49-45-41-37-33-29-26-24-23-25-28-31-35-39-43-47-51-55-59-63-69(74)71-67(66-72)68(73)62-58-54-50-46-42-38-34-30-22-20-18-16-14-12-10-8-6-4-2/h17,19,25,28,58,62,67-68,72-73H,3-16,18,20-24,26-27,29-57,59-61,63-66H2,1-2H3,(H,71,74)/b19-17-,28-25-,62-58+. The third-order valence-electron chi connectivity index (χ3n) is 15.9. The average molecular weight is 1070 g/mol. The van der Waals surface area contributed by atoms with Gasteiger partial charge in [-0.25, -0.2) is 0 Å². The van der Waals surface area contributed by atoms with E-state index in [1.54, 1.807) is 6.08 Å². The van der Waals surface area contributed by atoms with Gasteiger partial charge in [0.05, 0.1) is 25.4 Å². The molecular weight excluding hydrogens is 935 g/mol. The summed E-state index contributed by atoms with van der Waals surface area (Å²) < 4.78 is 5.50. The van der Waals surface area contributed by atoms with Gasteiger partial charge >= 0.3 is 5.97 Å². The summed E-state index contributed by atoms with van der Waals surface area (Å²) in [6.07, 6.45) is 83.5. The summed E-state index contributed by atoms with van der Waals surface area (Å²) in [4.78, 5) is 24.6. The number of aliphatic hydroxyl groups is 2. The Morgan fingerprint density at radius 1 is 0.355 bits per heavy atom. The van der Waals surface area contributed by atoms with E-state index in [4.69, 9.17) is 4.74 Å². The van der Waals surface area contributed by atoms with Gasteiger partial charge < -0.3 is 20.3 Å². The fraction of sp³-hybridized carbons (Fsp3) is 0.886. The van der Waals surface area contributed by atoms with Gasteiger partial charge in [0.25, 0.3) is 0 Å². The Morgan fingerprint density at radius 3 is 0.934 bits per heavy atom. The highest BCUT2D eigenvalue weighted by atomic mass is 16.5. The van der Waals surface area contributed by atoms with E-state index in [0.717, 1.165) is 51.4 Å². The number of allylic oxidation sites excluding steroid dienone is 5. The molecule has 0 rings (SSSR count). The van der Waals surface area contributed by atoms with Crippen molar-refractivity contribution in [2.24, 2.45) is 0 Å². The molecule has 76 heavy (non-hydrogen) atoms. The number of aliphatic hydroxyl groups excluding tert-OH is 2. The second-order valence-corrected chi connectivity index (χ2v) is 23.5. The molecule has 0 aromatic heterocycles. The monoisotopic (exact) mass is 1070 g/mol. The topological polar surface area (TPSA) is 95.9 Å². The number of esters is 1. The van der Waals surface area contributed by atoms with E-state index in [0.29, 0.717) is 19.4 Å². The molecule has 0 aromatic rings. The highest BCUT2D eigenvalue weighted by molar-refractivity contribution is 5.76. The van der Waals surface area contributed by atoms with Gasteiger partial charge in [-0.3, -0.25) is 9.59 Å². The van der Waals surface area contributed by atoms with E-state index in [9.17, 15) is 19.8 Å². The normalized spacial score (nSPS) is 12.7. The number of carbonyl (C=O) groups is 2. The number of amides is 1. The third kappa shape index (κ3) is 61.3. The number of ether oxygens (including phenoxy) is 1. The Balaban J connectivity index is 3.42. The molecule has 0 aliphatic rings. The smallest absolute Gasteiger partial charge is 0.305 e. The second-order valence-electron chi connectivity index (χ2n) is 23.5. The molecule has 0 aromatic carbocycles. The fourth-order valence-corrected chi connectivity index (χ4v) is 10.6. The first-order chi connectivity index (χ1) is 37.5. The lowest BCUT2D eigenvalue weighted by molar-refractivity contribution is -0.143. The van der Waals surface area contributed by atoms with Crippen LogP contribution in [-0.2, 0) is 14.3 Å². The molecule has 0 radical (unpaired) electrons. The number of hydrogen-bond acceptors (Lipinski definition) is 5. The van der Waals surface area contributed by atoms with Crippen molar-refractivity contribution >= 4 is 11.9 Å². The molecular formula is C70H133NO5. The van der Waals surface area contributed by atoms with E-state index in [-0.39, 0.29) is 18.5 Å². The van der Waals surface area contributed by atoms with Crippen LogP contribution < -0.4 is 5.32 Å². The molecule has 0 spiro atoms. The summed E-state index contributed by atoms with van der Waals surface area (Å²) in [5, 5.41) is 23.2. The molecule has 6 heteroatoms. The summed E-state index contributed by atoms with van der Waals surface area (Å²) in [6, 6.07) is -0.634. The maximum atomic E-state index is 12.5. The van der Waals surface area contributed by atoms with Crippen molar-refractivity contribution in [3.8, 4) is 0 Å². The first-order valence-electron chi connectivity index (χ1n) is 34.3. The first kappa shape index (κ1) is 74.1. The van der Waals surface area contributed by atoms with E-state index in [1.807, 2.05) is 6.08 Å². The van der Waals surface area contributed by atoms with Gasteiger partial charge in [0, 0.05) is 12.8 Å². The summed E-state index contributed by atoms with van der Waals surface area (Å²) in [5.74, 6) is -0.0630. The molecule has 2 atom stereocenters. The molecule has 6 nitrogen and oxygen atoms in total. The van der Waals surface area contributed by atoms with Crippen LogP contribution in [0.25, 0.3) is 0 Å². The van der Waals surface area contributed by atoms with Crippen LogP contribution in [0.3, 0.4) is 0 Å². The Hall–Kier alpha value is -1.92. The van der Waals surface area contributed by atoms with E-state index >= 15 is 0 Å². The molecule has 2 unspecified atom stereocenters. The van der Waals surface area contributed by atoms with Crippen LogP contribution in [-0.4, -0.2) is 47.4 Å². The molecule has 0 aliphatic carbocycles. The minimum Gasteiger partial charge on any atom is -0.466 e. The van der Waals surface area contributed by atoms with E-state index in [1.165, 1.54) is 295 Å². The largest absolute Gasteiger partial charge is 0.466 e. The summed E-state index contributed by atoms with van der Waals surface area (Å²) in [6.45, 7) is 4.92. The zero-order valence-electron chi connectivity index (χ0n) is 51.3. The molecule has 0 bridgehead atoms. The highest BCUT2D eigenvalue weighted by Gasteiger charge is 2.18. The predicted molar refractivity (Wildman–Crippen MR) is 333 cm³/mol. The van der Waals surface area contributed by atoms with Crippen LogP contribution in [0.4, 0.5) is 0 Å². The van der Waals surface area contributed by atoms with Crippen LogP contribution in [0.2, 0.25) is 0 Å². The van der Waals surface area contributed by atoms with Crippen molar-refractivity contribution in [1.82, 2.24) is 5.32 Å². The van der Waals surface area contributed by atoms with Gasteiger partial charge in [-0.1, -0.05) is 314 Å². The Labute approximate surface area is 474 Å². The number of hydrogen-bond donors (Lipinski definition) is 3. The highest BCUT2D eigenvalue weighted by Crippen LogP contribution is 2.18. The zero-order valence-corrected chi connectivity index (χ0v) is 51.3. The quantitative estimate of drug-likeness (QED) is 0.0320. The molecule has 0 saturated heterocycles. The van der Waals surface area contributed by atoms with Crippen molar-refractivity contribution in [3.63, 3.8) is 0 Å². The van der Waals surface area contributed by atoms with Gasteiger partial charge in [0.15, 0.2) is 0 Å². The van der Waals surface area contributed by atoms with Crippen molar-refractivity contribution in [3.05, 3.63) is 36.5 Å². The fourth-order valence-electron chi connectivity index (χ4n) is 10.6. The lowest BCUT2D eigenvalue weighted by atomic mass is 10.0. The molecule has 3 N–H and O–H groups in total. The second kappa shape index (κ2) is 65.6. The van der Waals surface area contributed by atoms with Crippen LogP contribution in [0.15, 0.2) is 36.5 Å². The number of unbranched alkanes of at least 4 members (excludes halogenated alkanes) is 49. The zero-order chi connectivity index (χ0) is 55.0. The first-order valence-corrected chi connectivity index (χ1v) is 34.3. The van der Waals surface area contributed by atoms with Crippen molar-refractivity contribution in [1.29, 1.82) is 0 Å². The van der Waals surface area contributed by atoms with Gasteiger partial charge in [0.2, 0.25) is 5.91 Å². The van der Waals surface area contributed by atoms with Crippen molar-refractivity contribution in [2.45, 2.75) is 386 Å². The molecule has 448 valence electrons.